The van der Waals surface area contributed by atoms with Gasteiger partial charge >= 0.3 is 0 Å². The van der Waals surface area contributed by atoms with Crippen LogP contribution in [-0.2, 0) is 4.79 Å². The number of aromatic nitrogens is 1. The first-order valence-corrected chi connectivity index (χ1v) is 10.3. The van der Waals surface area contributed by atoms with E-state index in [-0.39, 0.29) is 11.8 Å². The standard InChI is InChI=1S/C24H17N3O2S/c1-15-9-8-14-18-19(22(28)26-20(15)18)21-23(29)27(17-12-6-3-7-13-17)24(30-21)25-16-10-4-2-5-11-16/h2-14,29H,1H3. The Hall–Kier alpha value is -3.77. The molecular formula is C24H17N3O2S. The van der Waals surface area contributed by atoms with Crippen LogP contribution in [-0.4, -0.2) is 15.6 Å². The first-order valence-electron chi connectivity index (χ1n) is 9.47. The van der Waals surface area contributed by atoms with E-state index in [1.54, 1.807) is 4.57 Å². The van der Waals surface area contributed by atoms with Crippen LogP contribution in [0.2, 0.25) is 0 Å². The van der Waals surface area contributed by atoms with Crippen LogP contribution in [0, 0.1) is 6.92 Å². The molecule has 0 radical (unpaired) electrons. The average molecular weight is 411 g/mol. The molecule has 30 heavy (non-hydrogen) atoms. The van der Waals surface area contributed by atoms with Crippen molar-refractivity contribution in [2.45, 2.75) is 6.92 Å². The van der Waals surface area contributed by atoms with E-state index in [9.17, 15) is 9.90 Å². The molecule has 1 amide bonds. The molecule has 5 nitrogen and oxygen atoms in total. The number of thiazole rings is 1. The molecule has 0 unspecified atom stereocenters. The second-order valence-electron chi connectivity index (χ2n) is 6.92. The van der Waals surface area contributed by atoms with Gasteiger partial charge in [-0.25, -0.2) is 9.98 Å². The topological polar surface area (TPSA) is 67.0 Å². The highest BCUT2D eigenvalue weighted by molar-refractivity contribution is 7.11. The van der Waals surface area contributed by atoms with E-state index in [1.165, 1.54) is 11.3 Å². The maximum Gasteiger partial charge on any atom is 0.279 e. The van der Waals surface area contributed by atoms with Crippen molar-refractivity contribution in [1.29, 1.82) is 0 Å². The van der Waals surface area contributed by atoms with E-state index < -0.39 is 0 Å². The van der Waals surface area contributed by atoms with Crippen LogP contribution >= 0.6 is 11.3 Å². The van der Waals surface area contributed by atoms with E-state index in [1.807, 2.05) is 85.8 Å². The van der Waals surface area contributed by atoms with Crippen molar-refractivity contribution in [3.05, 3.63) is 105 Å². The van der Waals surface area contributed by atoms with Crippen molar-refractivity contribution in [2.24, 2.45) is 9.98 Å². The van der Waals surface area contributed by atoms with Crippen LogP contribution in [0.5, 0.6) is 5.88 Å². The van der Waals surface area contributed by atoms with Crippen molar-refractivity contribution >= 4 is 28.5 Å². The number of para-hydroxylation sites is 3. The Morgan fingerprint density at radius 3 is 2.37 bits per heavy atom. The molecular weight excluding hydrogens is 394 g/mol. The summed E-state index contributed by atoms with van der Waals surface area (Å²) in [4.78, 5) is 22.8. The SMILES string of the molecule is Cc1cccc2c1=NC(=O)C=2c1sc(=Nc2ccccc2)n(-c2ccccc2)c1O. The lowest BCUT2D eigenvalue weighted by Gasteiger charge is -2.05. The Kier molecular flexibility index (Phi) is 4.41. The molecule has 4 aromatic rings. The normalized spacial score (nSPS) is 13.4. The second kappa shape index (κ2) is 7.24. The van der Waals surface area contributed by atoms with Gasteiger partial charge in [-0.1, -0.05) is 65.9 Å². The number of hydrogen-bond donors (Lipinski definition) is 1. The first kappa shape index (κ1) is 18.3. The molecule has 1 aliphatic heterocycles. The smallest absolute Gasteiger partial charge is 0.279 e. The minimum atomic E-state index is -0.345. The predicted octanol–water partition coefficient (Wildman–Crippen LogP) is 3.14. The number of benzene rings is 3. The molecule has 0 spiro atoms. The lowest BCUT2D eigenvalue weighted by atomic mass is 10.1. The van der Waals surface area contributed by atoms with Gasteiger partial charge in [-0.3, -0.25) is 9.36 Å². The summed E-state index contributed by atoms with van der Waals surface area (Å²) in [7, 11) is 0. The van der Waals surface area contributed by atoms with Crippen LogP contribution in [0.25, 0.3) is 11.3 Å². The van der Waals surface area contributed by atoms with Crippen LogP contribution in [0.4, 0.5) is 5.69 Å². The third-order valence-corrected chi connectivity index (χ3v) is 6.00. The minimum Gasteiger partial charge on any atom is -0.493 e. The predicted molar refractivity (Wildman–Crippen MR) is 116 cm³/mol. The fraction of sp³-hybridized carbons (Fsp3) is 0.0417. The van der Waals surface area contributed by atoms with Gasteiger partial charge in [-0.15, -0.1) is 0 Å². The lowest BCUT2D eigenvalue weighted by molar-refractivity contribution is -0.112. The summed E-state index contributed by atoms with van der Waals surface area (Å²) in [6.45, 7) is 1.92. The highest BCUT2D eigenvalue weighted by Crippen LogP contribution is 2.31. The Labute approximate surface area is 176 Å². The third-order valence-electron chi connectivity index (χ3n) is 4.96. The van der Waals surface area contributed by atoms with Crippen molar-refractivity contribution in [2.75, 3.05) is 0 Å². The lowest BCUT2D eigenvalue weighted by Crippen LogP contribution is -2.25. The number of amides is 1. The van der Waals surface area contributed by atoms with Gasteiger partial charge in [0.05, 0.1) is 22.3 Å². The van der Waals surface area contributed by atoms with Crippen LogP contribution in [0.15, 0.2) is 88.8 Å². The fourth-order valence-corrected chi connectivity index (χ4v) is 4.63. The Morgan fingerprint density at radius 2 is 1.63 bits per heavy atom. The van der Waals surface area contributed by atoms with E-state index in [2.05, 4.69) is 4.99 Å². The highest BCUT2D eigenvalue weighted by atomic mass is 32.1. The highest BCUT2D eigenvalue weighted by Gasteiger charge is 2.26. The van der Waals surface area contributed by atoms with Crippen LogP contribution in [0.1, 0.15) is 10.4 Å². The van der Waals surface area contributed by atoms with Crippen molar-refractivity contribution in [3.63, 3.8) is 0 Å². The maximum absolute atomic E-state index is 12.8. The van der Waals surface area contributed by atoms with Gasteiger partial charge in [0.25, 0.3) is 5.91 Å². The molecule has 3 aromatic carbocycles. The zero-order valence-electron chi connectivity index (χ0n) is 16.1. The summed E-state index contributed by atoms with van der Waals surface area (Å²) in [5, 5.41) is 12.6. The minimum absolute atomic E-state index is 0.0196. The summed E-state index contributed by atoms with van der Waals surface area (Å²) >= 11 is 1.27. The number of fused-ring (bicyclic) bond motifs is 1. The van der Waals surface area contributed by atoms with E-state index in [0.717, 1.165) is 22.2 Å². The van der Waals surface area contributed by atoms with Crippen LogP contribution < -0.4 is 15.4 Å². The summed E-state index contributed by atoms with van der Waals surface area (Å²) in [5.74, 6) is -0.365. The molecule has 0 bridgehead atoms. The average Bonchev–Trinajstić information content (AvgIpc) is 3.26. The van der Waals surface area contributed by atoms with Gasteiger partial charge in [0, 0.05) is 5.22 Å². The third kappa shape index (κ3) is 2.98. The van der Waals surface area contributed by atoms with Crippen molar-refractivity contribution in [1.82, 2.24) is 4.57 Å². The molecule has 0 aliphatic carbocycles. The summed E-state index contributed by atoms with van der Waals surface area (Å²) in [6, 6.07) is 24.7. The number of hydrogen-bond acceptors (Lipinski definition) is 4. The number of carbonyl (C=O) groups excluding carboxylic acids is 1. The second-order valence-corrected chi connectivity index (χ2v) is 7.90. The molecule has 1 aliphatic rings. The largest absolute Gasteiger partial charge is 0.493 e. The molecule has 6 heteroatoms. The van der Waals surface area contributed by atoms with Gasteiger partial charge < -0.3 is 5.11 Å². The number of aryl methyl sites for hydroxylation is 1. The molecule has 0 saturated carbocycles. The number of aromatic hydroxyl groups is 1. The molecule has 0 fully saturated rings. The van der Waals surface area contributed by atoms with Gasteiger partial charge in [-0.2, -0.15) is 0 Å². The summed E-state index contributed by atoms with van der Waals surface area (Å²) in [5.41, 5.74) is 2.87. The Bertz CT molecular complexity index is 1470. The summed E-state index contributed by atoms with van der Waals surface area (Å²) in [6.07, 6.45) is 0. The molecule has 1 N–H and O–H groups in total. The zero-order chi connectivity index (χ0) is 20.7. The zero-order valence-corrected chi connectivity index (χ0v) is 16.9. The van der Waals surface area contributed by atoms with Crippen molar-refractivity contribution in [3.8, 4) is 11.6 Å². The Morgan fingerprint density at radius 1 is 0.933 bits per heavy atom. The van der Waals surface area contributed by atoms with Gasteiger partial charge in [0.1, 0.15) is 4.88 Å². The van der Waals surface area contributed by atoms with Crippen LogP contribution in [0.3, 0.4) is 0 Å². The van der Waals surface area contributed by atoms with Crippen molar-refractivity contribution < 1.29 is 9.90 Å². The fourth-order valence-electron chi connectivity index (χ4n) is 3.53. The molecule has 2 heterocycles. The number of carbonyl (C=O) groups is 1. The number of nitrogens with zero attached hydrogens (tertiary/aromatic N) is 3. The molecule has 0 saturated heterocycles. The maximum atomic E-state index is 12.8. The molecule has 5 rings (SSSR count). The van der Waals surface area contributed by atoms with E-state index >= 15 is 0 Å². The number of rotatable bonds is 3. The Balaban J connectivity index is 1.85. The molecule has 146 valence electrons. The van der Waals surface area contributed by atoms with E-state index in [0.29, 0.717) is 20.6 Å². The monoisotopic (exact) mass is 411 g/mol. The molecule has 0 atom stereocenters. The van der Waals surface area contributed by atoms with Gasteiger partial charge in [0.15, 0.2) is 4.80 Å². The quantitative estimate of drug-likeness (QED) is 0.563. The van der Waals surface area contributed by atoms with Gasteiger partial charge in [0.2, 0.25) is 5.88 Å². The summed E-state index contributed by atoms with van der Waals surface area (Å²) < 4.78 is 1.67. The first-order chi connectivity index (χ1) is 14.6. The molecule has 1 aromatic heterocycles. The van der Waals surface area contributed by atoms with Gasteiger partial charge in [-0.05, 0) is 36.8 Å². The van der Waals surface area contributed by atoms with E-state index in [4.69, 9.17) is 4.99 Å².